The number of hydrogen-bond donors (Lipinski definition) is 2. The van der Waals surface area contributed by atoms with Gasteiger partial charge < -0.3 is 15.4 Å². The Morgan fingerprint density at radius 1 is 1.57 bits per heavy atom. The van der Waals surface area contributed by atoms with E-state index >= 15 is 0 Å². The highest BCUT2D eigenvalue weighted by Gasteiger charge is 2.24. The van der Waals surface area contributed by atoms with Gasteiger partial charge in [-0.15, -0.1) is 0 Å². The van der Waals surface area contributed by atoms with Crippen LogP contribution in [0.5, 0.6) is 0 Å². The van der Waals surface area contributed by atoms with Gasteiger partial charge in [0.1, 0.15) is 4.90 Å². The molecule has 6 nitrogen and oxygen atoms in total. The van der Waals surface area contributed by atoms with E-state index in [4.69, 9.17) is 10.5 Å². The SMILES string of the molecule is CN1CCOC(CNS(=O)(=O)c2cc(N)cc(Br)c2F)C1. The number of morpholine rings is 1. The molecule has 1 heterocycles. The predicted octanol–water partition coefficient (Wildman–Crippen LogP) is 0.779. The lowest BCUT2D eigenvalue weighted by molar-refractivity contribution is -0.0156. The second-order valence-electron chi connectivity index (χ2n) is 4.92. The van der Waals surface area contributed by atoms with Crippen LogP contribution in [0.3, 0.4) is 0 Å². The second-order valence-corrected chi connectivity index (χ2v) is 7.51. The second kappa shape index (κ2) is 6.57. The van der Waals surface area contributed by atoms with Gasteiger partial charge in [-0.05, 0) is 35.1 Å². The number of benzene rings is 1. The normalized spacial score (nSPS) is 20.6. The van der Waals surface area contributed by atoms with E-state index in [1.807, 2.05) is 11.9 Å². The van der Waals surface area contributed by atoms with Crippen molar-refractivity contribution >= 4 is 31.6 Å². The fourth-order valence-corrected chi connectivity index (χ4v) is 3.86. The molecule has 0 aliphatic carbocycles. The van der Waals surface area contributed by atoms with Crippen molar-refractivity contribution < 1.29 is 17.5 Å². The van der Waals surface area contributed by atoms with E-state index in [2.05, 4.69) is 20.7 Å². The number of hydrogen-bond acceptors (Lipinski definition) is 5. The number of halogens is 2. The molecule has 9 heteroatoms. The molecule has 1 aliphatic heterocycles. The molecule has 1 saturated heterocycles. The number of nitrogens with zero attached hydrogens (tertiary/aromatic N) is 1. The third-order valence-corrected chi connectivity index (χ3v) is 5.15. The quantitative estimate of drug-likeness (QED) is 0.752. The lowest BCUT2D eigenvalue weighted by Crippen LogP contribution is -2.45. The molecular weight excluding hydrogens is 365 g/mol. The summed E-state index contributed by atoms with van der Waals surface area (Å²) in [6, 6.07) is 2.41. The largest absolute Gasteiger partial charge is 0.399 e. The number of ether oxygens (including phenoxy) is 1. The van der Waals surface area contributed by atoms with Gasteiger partial charge in [-0.25, -0.2) is 17.5 Å². The van der Waals surface area contributed by atoms with Gasteiger partial charge in [0.2, 0.25) is 10.0 Å². The van der Waals surface area contributed by atoms with Crippen LogP contribution in [0.2, 0.25) is 0 Å². The average molecular weight is 382 g/mol. The molecule has 1 fully saturated rings. The lowest BCUT2D eigenvalue weighted by atomic mass is 10.3. The number of nitrogens with one attached hydrogen (secondary N) is 1. The minimum atomic E-state index is -3.99. The lowest BCUT2D eigenvalue weighted by Gasteiger charge is -2.30. The average Bonchev–Trinajstić information content (AvgIpc) is 2.41. The molecule has 1 aliphatic rings. The van der Waals surface area contributed by atoms with E-state index in [-0.39, 0.29) is 22.8 Å². The van der Waals surface area contributed by atoms with Gasteiger partial charge in [0.25, 0.3) is 0 Å². The highest BCUT2D eigenvalue weighted by Crippen LogP contribution is 2.26. The summed E-state index contributed by atoms with van der Waals surface area (Å²) in [4.78, 5) is 1.57. The summed E-state index contributed by atoms with van der Waals surface area (Å²) < 4.78 is 46.2. The van der Waals surface area contributed by atoms with Crippen LogP contribution in [0.15, 0.2) is 21.5 Å². The topological polar surface area (TPSA) is 84.7 Å². The Kier molecular flexibility index (Phi) is 5.20. The van der Waals surface area contributed by atoms with Gasteiger partial charge in [-0.3, -0.25) is 0 Å². The van der Waals surface area contributed by atoms with E-state index in [9.17, 15) is 12.8 Å². The van der Waals surface area contributed by atoms with Gasteiger partial charge in [0, 0.05) is 25.3 Å². The molecule has 0 bridgehead atoms. The number of sulfonamides is 1. The van der Waals surface area contributed by atoms with Gasteiger partial charge in [-0.1, -0.05) is 0 Å². The molecule has 1 atom stereocenters. The van der Waals surface area contributed by atoms with Crippen LogP contribution in [0.1, 0.15) is 0 Å². The summed E-state index contributed by atoms with van der Waals surface area (Å²) in [5.74, 6) is -0.863. The molecule has 1 aromatic carbocycles. The van der Waals surface area contributed by atoms with Crippen molar-refractivity contribution in [3.05, 3.63) is 22.4 Å². The van der Waals surface area contributed by atoms with Crippen molar-refractivity contribution in [3.8, 4) is 0 Å². The van der Waals surface area contributed by atoms with Crippen molar-refractivity contribution in [2.24, 2.45) is 0 Å². The van der Waals surface area contributed by atoms with Crippen molar-refractivity contribution in [1.82, 2.24) is 9.62 Å². The zero-order valence-electron chi connectivity index (χ0n) is 11.5. The summed E-state index contributed by atoms with van der Waals surface area (Å²) >= 11 is 2.95. The summed E-state index contributed by atoms with van der Waals surface area (Å²) in [7, 11) is -2.06. The number of nitrogen functional groups attached to an aromatic ring is 1. The maximum Gasteiger partial charge on any atom is 0.243 e. The van der Waals surface area contributed by atoms with Gasteiger partial charge in [-0.2, -0.15) is 0 Å². The standard InChI is InChI=1S/C12H17BrFN3O3S/c1-17-2-3-20-9(7-17)6-16-21(18,19)11-5-8(15)4-10(13)12(11)14/h4-5,9,16H,2-3,6-7,15H2,1H3. The Bertz CT molecular complexity index is 626. The van der Waals surface area contributed by atoms with Crippen LogP contribution in [-0.2, 0) is 14.8 Å². The maximum absolute atomic E-state index is 13.9. The third-order valence-electron chi connectivity index (χ3n) is 3.15. The minimum Gasteiger partial charge on any atom is -0.399 e. The van der Waals surface area contributed by atoms with Crippen LogP contribution in [0.25, 0.3) is 0 Å². The van der Waals surface area contributed by atoms with Crippen molar-refractivity contribution in [2.75, 3.05) is 39.0 Å². The first-order valence-corrected chi connectivity index (χ1v) is 8.61. The first-order valence-electron chi connectivity index (χ1n) is 6.34. The van der Waals surface area contributed by atoms with Crippen molar-refractivity contribution in [1.29, 1.82) is 0 Å². The molecule has 0 saturated carbocycles. The number of likely N-dealkylation sites (N-methyl/N-ethyl adjacent to an activating group) is 1. The van der Waals surface area contributed by atoms with E-state index in [0.717, 1.165) is 12.6 Å². The van der Waals surface area contributed by atoms with Crippen LogP contribution in [-0.4, -0.2) is 52.7 Å². The van der Waals surface area contributed by atoms with Gasteiger partial charge >= 0.3 is 0 Å². The molecule has 0 spiro atoms. The maximum atomic E-state index is 13.9. The molecule has 0 aromatic heterocycles. The Hall–Kier alpha value is -0.740. The summed E-state index contributed by atoms with van der Waals surface area (Å²) in [6.07, 6.45) is -0.258. The molecule has 21 heavy (non-hydrogen) atoms. The molecule has 0 radical (unpaired) electrons. The van der Waals surface area contributed by atoms with Crippen LogP contribution in [0.4, 0.5) is 10.1 Å². The Morgan fingerprint density at radius 3 is 2.95 bits per heavy atom. The minimum absolute atomic E-state index is 0.0107. The number of nitrogens with two attached hydrogens (primary N) is 1. The van der Waals surface area contributed by atoms with Crippen LogP contribution < -0.4 is 10.5 Å². The fraction of sp³-hybridized carbons (Fsp3) is 0.500. The van der Waals surface area contributed by atoms with E-state index in [1.165, 1.54) is 6.07 Å². The molecule has 3 N–H and O–H groups in total. The first kappa shape index (κ1) is 16.6. The monoisotopic (exact) mass is 381 g/mol. The zero-order valence-corrected chi connectivity index (χ0v) is 13.9. The Morgan fingerprint density at radius 2 is 2.29 bits per heavy atom. The summed E-state index contributed by atoms with van der Waals surface area (Å²) in [5, 5.41) is 0. The molecule has 2 rings (SSSR count). The molecule has 118 valence electrons. The zero-order chi connectivity index (χ0) is 15.6. The highest BCUT2D eigenvalue weighted by molar-refractivity contribution is 9.10. The molecule has 0 amide bonds. The Balaban J connectivity index is 2.12. The molecule has 1 aromatic rings. The molecule has 1 unspecified atom stereocenters. The number of anilines is 1. The van der Waals surface area contributed by atoms with Gasteiger partial charge in [0.05, 0.1) is 17.2 Å². The van der Waals surface area contributed by atoms with E-state index in [0.29, 0.717) is 13.2 Å². The van der Waals surface area contributed by atoms with Crippen molar-refractivity contribution in [3.63, 3.8) is 0 Å². The summed E-state index contributed by atoms with van der Waals surface area (Å²) in [5.41, 5.74) is 5.73. The highest BCUT2D eigenvalue weighted by atomic mass is 79.9. The van der Waals surface area contributed by atoms with Gasteiger partial charge in [0.15, 0.2) is 5.82 Å². The van der Waals surface area contributed by atoms with Crippen LogP contribution in [0, 0.1) is 5.82 Å². The first-order chi connectivity index (χ1) is 9.79. The van der Waals surface area contributed by atoms with Crippen LogP contribution >= 0.6 is 15.9 Å². The number of rotatable bonds is 4. The van der Waals surface area contributed by atoms with E-state index in [1.54, 1.807) is 0 Å². The molecular formula is C12H17BrFN3O3S. The smallest absolute Gasteiger partial charge is 0.243 e. The summed E-state index contributed by atoms with van der Waals surface area (Å²) in [6.45, 7) is 2.05. The predicted molar refractivity (Wildman–Crippen MR) is 80.9 cm³/mol. The Labute approximate surface area is 131 Å². The van der Waals surface area contributed by atoms with E-state index < -0.39 is 20.7 Å². The fourth-order valence-electron chi connectivity index (χ4n) is 2.05. The van der Waals surface area contributed by atoms with Crippen molar-refractivity contribution in [2.45, 2.75) is 11.0 Å². The third kappa shape index (κ3) is 4.13.